The minimum absolute atomic E-state index is 0.0101. The molecule has 1 spiro atoms. The van der Waals surface area contributed by atoms with Gasteiger partial charge < -0.3 is 20.1 Å². The molecular formula is C27H46N2O5S. The van der Waals surface area contributed by atoms with Crippen molar-refractivity contribution in [1.82, 2.24) is 10.2 Å². The van der Waals surface area contributed by atoms with Crippen molar-refractivity contribution in [2.24, 2.45) is 23.2 Å². The number of aliphatic hydroxyl groups is 1. The van der Waals surface area contributed by atoms with Gasteiger partial charge in [0.1, 0.15) is 6.04 Å². The van der Waals surface area contributed by atoms with Crippen molar-refractivity contribution >= 4 is 29.5 Å². The summed E-state index contributed by atoms with van der Waals surface area (Å²) in [6.45, 7) is 18.4. The van der Waals surface area contributed by atoms with Crippen LogP contribution in [0.25, 0.3) is 0 Å². The topological polar surface area (TPSA) is 95.9 Å². The molecule has 3 heterocycles. The number of rotatable bonds is 9. The summed E-state index contributed by atoms with van der Waals surface area (Å²) >= 11 is 1.64. The zero-order valence-corrected chi connectivity index (χ0v) is 23.9. The predicted molar refractivity (Wildman–Crippen MR) is 139 cm³/mol. The van der Waals surface area contributed by atoms with Crippen LogP contribution in [-0.2, 0) is 19.1 Å². The summed E-state index contributed by atoms with van der Waals surface area (Å²) in [4.78, 5) is 43.2. The van der Waals surface area contributed by atoms with Gasteiger partial charge in [0, 0.05) is 10.3 Å². The molecule has 2 unspecified atom stereocenters. The Morgan fingerprint density at radius 1 is 1.23 bits per heavy atom. The van der Waals surface area contributed by atoms with Crippen LogP contribution in [0.1, 0.15) is 88.0 Å². The predicted octanol–water partition coefficient (Wildman–Crippen LogP) is 3.77. The molecule has 2 bridgehead atoms. The number of ether oxygens (including phenoxy) is 1. The summed E-state index contributed by atoms with van der Waals surface area (Å²) in [6, 6.07) is -1.22. The van der Waals surface area contributed by atoms with Crippen molar-refractivity contribution in [2.75, 3.05) is 13.2 Å². The number of carbonyl (C=O) groups is 3. The van der Waals surface area contributed by atoms with E-state index in [1.54, 1.807) is 23.6 Å². The lowest BCUT2D eigenvalue weighted by Crippen LogP contribution is -2.61. The number of fused-ring (bicyclic) bond motifs is 1. The third-order valence-corrected chi connectivity index (χ3v) is 10.3. The normalized spacial score (nSPS) is 34.1. The van der Waals surface area contributed by atoms with Crippen molar-refractivity contribution < 1.29 is 24.2 Å². The molecule has 0 aromatic heterocycles. The maximum atomic E-state index is 14.2. The number of nitrogens with zero attached hydrogens (tertiary/aromatic N) is 1. The first-order valence-electron chi connectivity index (χ1n) is 13.2. The van der Waals surface area contributed by atoms with Crippen LogP contribution in [-0.4, -0.2) is 68.1 Å². The Bertz CT molecular complexity index is 855. The first-order valence-corrected chi connectivity index (χ1v) is 14.0. The van der Waals surface area contributed by atoms with E-state index in [4.69, 9.17) is 4.74 Å². The second-order valence-corrected chi connectivity index (χ2v) is 14.9. The minimum Gasteiger partial charge on any atom is -0.466 e. The molecule has 0 radical (unpaired) electrons. The summed E-state index contributed by atoms with van der Waals surface area (Å²) in [5.41, 5.74) is -0.466. The van der Waals surface area contributed by atoms with E-state index in [1.165, 1.54) is 0 Å². The van der Waals surface area contributed by atoms with Gasteiger partial charge in [-0.1, -0.05) is 41.0 Å². The molecule has 3 aliphatic heterocycles. The van der Waals surface area contributed by atoms with Crippen molar-refractivity contribution in [3.8, 4) is 0 Å². The van der Waals surface area contributed by atoms with Gasteiger partial charge in [0.15, 0.2) is 0 Å². The van der Waals surface area contributed by atoms with Crippen LogP contribution in [0.15, 0.2) is 0 Å². The molecule has 2 N–H and O–H groups in total. The Balaban J connectivity index is 2.09. The highest BCUT2D eigenvalue weighted by Gasteiger charge is 2.78. The van der Waals surface area contributed by atoms with E-state index in [2.05, 4.69) is 26.1 Å². The zero-order valence-electron chi connectivity index (χ0n) is 23.1. The number of nitrogens with one attached hydrogen (secondary N) is 1. The van der Waals surface area contributed by atoms with Gasteiger partial charge >= 0.3 is 5.97 Å². The fraction of sp³-hybridized carbons (Fsp3) is 0.889. The fourth-order valence-electron chi connectivity index (χ4n) is 7.20. The molecule has 3 rings (SSSR count). The van der Waals surface area contributed by atoms with Crippen molar-refractivity contribution in [1.29, 1.82) is 0 Å². The standard InChI is InChI=1S/C27H46N2O5S/c1-10-16(3)17(14-30)29-20(21(31)28-25(7,8)15-24(4,5)6)27-13-12-26(9,35-27)19(18(27)22(29)32)23(33)34-11-2/h16-20,30H,10-15H2,1-9H3,(H,28,31)/t16-,17-,18-,19-,20?,26+,27?/m0/s1. The zero-order chi connectivity index (χ0) is 26.6. The lowest BCUT2D eigenvalue weighted by atomic mass is 9.66. The molecule has 2 amide bonds. The van der Waals surface area contributed by atoms with Gasteiger partial charge in [-0.3, -0.25) is 14.4 Å². The highest BCUT2D eigenvalue weighted by atomic mass is 32.2. The Morgan fingerprint density at radius 3 is 2.37 bits per heavy atom. The van der Waals surface area contributed by atoms with E-state index in [9.17, 15) is 19.5 Å². The third-order valence-electron chi connectivity index (χ3n) is 8.28. The molecule has 0 aliphatic carbocycles. The number of aliphatic hydroxyl groups excluding tert-OH is 1. The van der Waals surface area contributed by atoms with Crippen LogP contribution >= 0.6 is 11.8 Å². The first kappa shape index (κ1) is 28.3. The van der Waals surface area contributed by atoms with Gasteiger partial charge in [0.05, 0.1) is 35.8 Å². The maximum absolute atomic E-state index is 14.2. The van der Waals surface area contributed by atoms with Gasteiger partial charge in [0.2, 0.25) is 11.8 Å². The molecule has 0 aromatic rings. The summed E-state index contributed by atoms with van der Waals surface area (Å²) in [5.74, 6) is -1.92. The average molecular weight is 511 g/mol. The number of esters is 1. The molecule has 8 heteroatoms. The summed E-state index contributed by atoms with van der Waals surface area (Å²) in [5, 5.41) is 13.7. The van der Waals surface area contributed by atoms with Crippen LogP contribution < -0.4 is 5.32 Å². The van der Waals surface area contributed by atoms with Crippen molar-refractivity contribution in [2.45, 2.75) is 115 Å². The smallest absolute Gasteiger partial charge is 0.311 e. The van der Waals surface area contributed by atoms with E-state index >= 15 is 0 Å². The van der Waals surface area contributed by atoms with Gasteiger partial charge in [-0.05, 0) is 58.3 Å². The molecule has 0 aromatic carbocycles. The maximum Gasteiger partial charge on any atom is 0.311 e. The summed E-state index contributed by atoms with van der Waals surface area (Å²) in [7, 11) is 0. The molecule has 3 fully saturated rings. The Kier molecular flexibility index (Phi) is 7.72. The Hall–Kier alpha value is -1.28. The lowest BCUT2D eigenvalue weighted by molar-refractivity contribution is -0.155. The van der Waals surface area contributed by atoms with Crippen LogP contribution in [0.4, 0.5) is 0 Å². The molecule has 3 saturated heterocycles. The van der Waals surface area contributed by atoms with Crippen LogP contribution in [0.3, 0.4) is 0 Å². The second-order valence-electron chi connectivity index (χ2n) is 13.0. The number of carbonyl (C=O) groups excluding carboxylic acids is 3. The minimum atomic E-state index is -0.739. The third kappa shape index (κ3) is 4.86. The van der Waals surface area contributed by atoms with Gasteiger partial charge in [-0.2, -0.15) is 0 Å². The number of likely N-dealkylation sites (tertiary alicyclic amines) is 1. The number of hydrogen-bond donors (Lipinski definition) is 2. The Labute approximate surface area is 215 Å². The molecule has 7 atom stereocenters. The van der Waals surface area contributed by atoms with E-state index in [-0.39, 0.29) is 42.3 Å². The highest BCUT2D eigenvalue weighted by Crippen LogP contribution is 2.71. The van der Waals surface area contributed by atoms with Gasteiger partial charge in [0.25, 0.3) is 0 Å². The molecule has 3 aliphatic rings. The molecule has 7 nitrogen and oxygen atoms in total. The van der Waals surface area contributed by atoms with E-state index in [0.717, 1.165) is 19.3 Å². The SMILES string of the molecule is CCOC(=O)[C@@H]1[C@H]2C(=O)N([C@@H](CO)[C@@H](C)CC)C(C(=O)NC(C)(C)CC(C)(C)C)C23CC[C@@]1(C)S3. The monoisotopic (exact) mass is 510 g/mol. The van der Waals surface area contributed by atoms with E-state index < -0.39 is 39.0 Å². The molecule has 200 valence electrons. The summed E-state index contributed by atoms with van der Waals surface area (Å²) in [6.07, 6.45) is 2.98. The van der Waals surface area contributed by atoms with Gasteiger partial charge in [-0.15, -0.1) is 11.8 Å². The molecule has 0 saturated carbocycles. The molecular weight excluding hydrogens is 464 g/mol. The second kappa shape index (κ2) is 9.55. The lowest BCUT2D eigenvalue weighted by Gasteiger charge is -2.41. The van der Waals surface area contributed by atoms with Crippen molar-refractivity contribution in [3.63, 3.8) is 0 Å². The summed E-state index contributed by atoms with van der Waals surface area (Å²) < 4.78 is 4.30. The molecule has 35 heavy (non-hydrogen) atoms. The van der Waals surface area contributed by atoms with E-state index in [1.807, 2.05) is 34.6 Å². The number of hydrogen-bond acceptors (Lipinski definition) is 6. The van der Waals surface area contributed by atoms with Crippen LogP contribution in [0.5, 0.6) is 0 Å². The number of thioether (sulfide) groups is 1. The quantitative estimate of drug-likeness (QED) is 0.459. The first-order chi connectivity index (χ1) is 16.1. The van der Waals surface area contributed by atoms with Gasteiger partial charge in [-0.25, -0.2) is 0 Å². The Morgan fingerprint density at radius 2 is 1.86 bits per heavy atom. The van der Waals surface area contributed by atoms with E-state index in [0.29, 0.717) is 6.42 Å². The highest BCUT2D eigenvalue weighted by molar-refractivity contribution is 8.02. The number of amides is 2. The average Bonchev–Trinajstić information content (AvgIpc) is 3.27. The fourth-order valence-corrected chi connectivity index (χ4v) is 9.53. The van der Waals surface area contributed by atoms with Crippen LogP contribution in [0, 0.1) is 23.2 Å². The largest absolute Gasteiger partial charge is 0.466 e. The van der Waals surface area contributed by atoms with Crippen molar-refractivity contribution in [3.05, 3.63) is 0 Å². The van der Waals surface area contributed by atoms with Crippen LogP contribution in [0.2, 0.25) is 0 Å².